The van der Waals surface area contributed by atoms with E-state index in [9.17, 15) is 0 Å². The lowest BCUT2D eigenvalue weighted by Gasteiger charge is -2.30. The minimum absolute atomic E-state index is 0.628. The first kappa shape index (κ1) is 24.1. The van der Waals surface area contributed by atoms with E-state index in [1.807, 2.05) is 44.4 Å². The van der Waals surface area contributed by atoms with E-state index in [1.54, 1.807) is 0 Å². The number of aromatic nitrogens is 1. The van der Waals surface area contributed by atoms with Gasteiger partial charge in [-0.25, -0.2) is 0 Å². The first-order chi connectivity index (χ1) is 15.7. The van der Waals surface area contributed by atoms with Gasteiger partial charge in [-0.05, 0) is 80.9 Å². The molecule has 1 atom stereocenters. The van der Waals surface area contributed by atoms with Gasteiger partial charge in [0.1, 0.15) is 11.5 Å². The van der Waals surface area contributed by atoms with E-state index in [0.717, 1.165) is 61.1 Å². The Bertz CT molecular complexity index is 873. The van der Waals surface area contributed by atoms with Gasteiger partial charge in [0.05, 0.1) is 13.2 Å². The van der Waals surface area contributed by atoms with E-state index in [1.165, 1.54) is 12.0 Å². The van der Waals surface area contributed by atoms with Crippen molar-refractivity contribution in [2.75, 3.05) is 26.3 Å². The molecule has 1 aromatic carbocycles. The summed E-state index contributed by atoms with van der Waals surface area (Å²) < 4.78 is 11.5. The number of ether oxygens (including phenoxy) is 2. The summed E-state index contributed by atoms with van der Waals surface area (Å²) in [6.07, 6.45) is 12.6. The molecule has 0 radical (unpaired) electrons. The van der Waals surface area contributed by atoms with Crippen LogP contribution in [0.4, 0.5) is 0 Å². The number of nitrogens with one attached hydrogen (secondary N) is 1. The second-order valence-corrected chi connectivity index (χ2v) is 8.40. The fraction of sp³-hybridized carbons (Fsp3) is 0.462. The highest BCUT2D eigenvalue weighted by atomic mass is 32.1. The summed E-state index contributed by atoms with van der Waals surface area (Å²) in [5.74, 6) is 2.35. The minimum atomic E-state index is 0.628. The number of hydrogen-bond acceptors (Lipinski definition) is 4. The Labute approximate surface area is 197 Å². The number of pyridine rings is 1. The van der Waals surface area contributed by atoms with Gasteiger partial charge >= 0.3 is 0 Å². The van der Waals surface area contributed by atoms with Gasteiger partial charge in [-0.1, -0.05) is 24.3 Å². The van der Waals surface area contributed by atoms with Crippen LogP contribution >= 0.6 is 12.2 Å². The monoisotopic (exact) mass is 453 g/mol. The molecular weight excluding hydrogens is 418 g/mol. The number of nitrogens with zero attached hydrogens (tertiary/aromatic N) is 2. The lowest BCUT2D eigenvalue weighted by atomic mass is 9.94. The van der Waals surface area contributed by atoms with Crippen LogP contribution in [0.5, 0.6) is 11.5 Å². The van der Waals surface area contributed by atoms with Crippen LogP contribution in [0.3, 0.4) is 0 Å². The summed E-state index contributed by atoms with van der Waals surface area (Å²) in [4.78, 5) is 6.56. The maximum absolute atomic E-state index is 5.84. The Morgan fingerprint density at radius 1 is 1.19 bits per heavy atom. The van der Waals surface area contributed by atoms with E-state index in [-0.39, 0.29) is 0 Å². The zero-order chi connectivity index (χ0) is 22.6. The molecule has 1 aliphatic rings. The average molecular weight is 454 g/mol. The molecule has 0 amide bonds. The Balaban J connectivity index is 1.60. The molecule has 172 valence electrons. The number of hydrogen-bond donors (Lipinski definition) is 1. The van der Waals surface area contributed by atoms with Gasteiger partial charge in [0, 0.05) is 38.1 Å². The fourth-order valence-electron chi connectivity index (χ4n) is 3.97. The molecule has 5 nitrogen and oxygen atoms in total. The molecule has 0 unspecified atom stereocenters. The number of allylic oxidation sites excluding steroid dienone is 2. The van der Waals surface area contributed by atoms with E-state index < -0.39 is 0 Å². The largest absolute Gasteiger partial charge is 0.494 e. The van der Waals surface area contributed by atoms with Crippen LogP contribution in [0, 0.1) is 5.92 Å². The third-order valence-corrected chi connectivity index (χ3v) is 5.96. The Morgan fingerprint density at radius 2 is 2.06 bits per heavy atom. The Hall–Kier alpha value is -2.60. The SMILES string of the molecule is CCOc1ccc(CCNC(=S)N(Cc2cccnc2)C[C@@H]2CC=CCC2)c(OCC)c1. The number of rotatable bonds is 11. The Kier molecular flexibility index (Phi) is 9.82. The third-order valence-electron chi connectivity index (χ3n) is 5.56. The highest BCUT2D eigenvalue weighted by Gasteiger charge is 2.18. The lowest BCUT2D eigenvalue weighted by Crippen LogP contribution is -2.42. The van der Waals surface area contributed by atoms with Crippen LogP contribution in [0.15, 0.2) is 54.9 Å². The molecule has 0 saturated carbocycles. The maximum Gasteiger partial charge on any atom is 0.169 e. The minimum Gasteiger partial charge on any atom is -0.494 e. The highest BCUT2D eigenvalue weighted by Crippen LogP contribution is 2.25. The van der Waals surface area contributed by atoms with Crippen LogP contribution in [0.1, 0.15) is 44.2 Å². The van der Waals surface area contributed by atoms with Gasteiger partial charge in [-0.3, -0.25) is 4.98 Å². The van der Waals surface area contributed by atoms with Crippen molar-refractivity contribution in [3.05, 3.63) is 66.0 Å². The van der Waals surface area contributed by atoms with Gasteiger partial charge in [0.25, 0.3) is 0 Å². The quantitative estimate of drug-likeness (QED) is 0.375. The summed E-state index contributed by atoms with van der Waals surface area (Å²) in [5, 5.41) is 4.28. The molecule has 32 heavy (non-hydrogen) atoms. The molecular formula is C26H35N3O2S. The van der Waals surface area contributed by atoms with Crippen LogP contribution < -0.4 is 14.8 Å². The van der Waals surface area contributed by atoms with E-state index >= 15 is 0 Å². The molecule has 0 fully saturated rings. The molecule has 2 aromatic rings. The standard InChI is InChI=1S/C26H35N3O2S/c1-3-30-24-13-12-23(25(17-24)31-4-2)14-16-28-26(32)29(19-21-9-6-5-7-10-21)20-22-11-8-15-27-18-22/h5-6,8,11-13,15,17-18,21H,3-4,7,9-10,14,16,19-20H2,1-2H3,(H,28,32)/t21-/m1/s1. The summed E-state index contributed by atoms with van der Waals surface area (Å²) in [6.45, 7) is 7.74. The first-order valence-corrected chi connectivity index (χ1v) is 12.1. The fourth-order valence-corrected chi connectivity index (χ4v) is 4.21. The molecule has 0 bridgehead atoms. The highest BCUT2D eigenvalue weighted by molar-refractivity contribution is 7.80. The molecule has 3 rings (SSSR count). The van der Waals surface area contributed by atoms with Crippen molar-refractivity contribution in [2.24, 2.45) is 5.92 Å². The third kappa shape index (κ3) is 7.52. The van der Waals surface area contributed by atoms with E-state index in [2.05, 4.69) is 39.5 Å². The lowest BCUT2D eigenvalue weighted by molar-refractivity contribution is 0.311. The van der Waals surface area contributed by atoms with E-state index in [0.29, 0.717) is 19.1 Å². The Morgan fingerprint density at radius 3 is 2.78 bits per heavy atom. The van der Waals surface area contributed by atoms with Crippen LogP contribution in [0.2, 0.25) is 0 Å². The predicted molar refractivity (Wildman–Crippen MR) is 134 cm³/mol. The zero-order valence-electron chi connectivity index (χ0n) is 19.3. The molecule has 0 saturated heterocycles. The number of thiocarbonyl (C=S) groups is 1. The topological polar surface area (TPSA) is 46.6 Å². The van der Waals surface area contributed by atoms with E-state index in [4.69, 9.17) is 21.7 Å². The van der Waals surface area contributed by atoms with Gasteiger partial charge in [-0.2, -0.15) is 0 Å². The molecule has 0 spiro atoms. The summed E-state index contributed by atoms with van der Waals surface area (Å²) in [6, 6.07) is 10.2. The van der Waals surface area contributed by atoms with Crippen molar-refractivity contribution in [1.29, 1.82) is 0 Å². The zero-order valence-corrected chi connectivity index (χ0v) is 20.1. The van der Waals surface area contributed by atoms with Crippen LogP contribution in [-0.4, -0.2) is 41.3 Å². The van der Waals surface area contributed by atoms with Gasteiger partial charge in [0.15, 0.2) is 5.11 Å². The van der Waals surface area contributed by atoms with Crippen molar-refractivity contribution < 1.29 is 9.47 Å². The van der Waals surface area contributed by atoms with Gasteiger partial charge < -0.3 is 19.7 Å². The summed E-state index contributed by atoms with van der Waals surface area (Å²) in [5.41, 5.74) is 2.33. The van der Waals surface area contributed by atoms with Crippen molar-refractivity contribution in [3.63, 3.8) is 0 Å². The first-order valence-electron chi connectivity index (χ1n) is 11.6. The normalized spacial score (nSPS) is 15.2. The molecule has 6 heteroatoms. The van der Waals surface area contributed by atoms with Crippen molar-refractivity contribution in [1.82, 2.24) is 15.2 Å². The predicted octanol–water partition coefficient (Wildman–Crippen LogP) is 5.15. The molecule has 1 heterocycles. The second-order valence-electron chi connectivity index (χ2n) is 8.01. The second kappa shape index (κ2) is 13.1. The smallest absolute Gasteiger partial charge is 0.169 e. The molecule has 1 aliphatic carbocycles. The van der Waals surface area contributed by atoms with Crippen molar-refractivity contribution in [2.45, 2.75) is 46.1 Å². The molecule has 1 N–H and O–H groups in total. The van der Waals surface area contributed by atoms with Gasteiger partial charge in [0.2, 0.25) is 0 Å². The molecule has 1 aromatic heterocycles. The average Bonchev–Trinajstić information content (AvgIpc) is 2.82. The van der Waals surface area contributed by atoms with Crippen molar-refractivity contribution >= 4 is 17.3 Å². The van der Waals surface area contributed by atoms with Crippen molar-refractivity contribution in [3.8, 4) is 11.5 Å². The summed E-state index contributed by atoms with van der Waals surface area (Å²) >= 11 is 5.82. The maximum atomic E-state index is 5.84. The van der Waals surface area contributed by atoms with Crippen LogP contribution in [-0.2, 0) is 13.0 Å². The molecule has 0 aliphatic heterocycles. The number of benzene rings is 1. The van der Waals surface area contributed by atoms with Gasteiger partial charge in [-0.15, -0.1) is 0 Å². The van der Waals surface area contributed by atoms with Crippen LogP contribution in [0.25, 0.3) is 0 Å². The summed E-state index contributed by atoms with van der Waals surface area (Å²) in [7, 11) is 0.